The Kier molecular flexibility index (Phi) is 8.85. The molecule has 5 rings (SSSR count). The van der Waals surface area contributed by atoms with E-state index in [2.05, 4.69) is 13.2 Å². The number of nitrogens with zero attached hydrogens (tertiary/aromatic N) is 2. The monoisotopic (exact) mass is 574 g/mol. The van der Waals surface area contributed by atoms with Crippen LogP contribution in [-0.4, -0.2) is 71.3 Å². The summed E-state index contributed by atoms with van der Waals surface area (Å²) in [4.78, 5) is 45.7. The first-order chi connectivity index (χ1) is 20.3. The molecule has 42 heavy (non-hydrogen) atoms. The van der Waals surface area contributed by atoms with Crippen molar-refractivity contribution >= 4 is 34.2 Å². The highest BCUT2D eigenvalue weighted by molar-refractivity contribution is 6.05. The summed E-state index contributed by atoms with van der Waals surface area (Å²) in [6.45, 7) is 11.6. The van der Waals surface area contributed by atoms with E-state index in [-0.39, 0.29) is 37.5 Å². The number of carbonyl (C=O) groups is 3. The highest BCUT2D eigenvalue weighted by Gasteiger charge is 2.75. The third-order valence-electron chi connectivity index (χ3n) is 9.23. The zero-order valence-electron chi connectivity index (χ0n) is 24.6. The Bertz CT molecular complexity index is 1360. The lowest BCUT2D eigenvalue weighted by molar-refractivity contribution is -0.156. The van der Waals surface area contributed by atoms with E-state index < -0.39 is 41.6 Å². The number of esters is 1. The van der Waals surface area contributed by atoms with E-state index in [1.807, 2.05) is 62.4 Å². The number of aliphatic hydroxyl groups excluding tert-OH is 1. The van der Waals surface area contributed by atoms with Gasteiger partial charge in [0.25, 0.3) is 5.91 Å². The molecule has 2 aromatic carbocycles. The summed E-state index contributed by atoms with van der Waals surface area (Å²) >= 11 is 0. The van der Waals surface area contributed by atoms with Crippen molar-refractivity contribution in [3.8, 4) is 0 Å². The van der Waals surface area contributed by atoms with Gasteiger partial charge in [0.05, 0.1) is 37.2 Å². The SMILES string of the molecule is C=CCCCCOC(=O)[C@@H]1[C@@H]2CCC3(O2)C(C(=O)N(CC=C)c2ccc4ccccc4c2)N([C@@H](CO)C(C)C)C(=O)[C@H]13. The zero-order chi connectivity index (χ0) is 30.0. The number of unbranched alkanes of at least 4 members (excludes halogenated alkanes) is 2. The molecule has 0 aliphatic carbocycles. The van der Waals surface area contributed by atoms with Gasteiger partial charge in [0.1, 0.15) is 11.6 Å². The summed E-state index contributed by atoms with van der Waals surface area (Å²) in [6, 6.07) is 12.1. The molecule has 0 saturated carbocycles. The van der Waals surface area contributed by atoms with Crippen LogP contribution in [-0.2, 0) is 23.9 Å². The molecular weight excluding hydrogens is 532 g/mol. The van der Waals surface area contributed by atoms with Gasteiger partial charge < -0.3 is 24.4 Å². The van der Waals surface area contributed by atoms with Crippen molar-refractivity contribution in [2.24, 2.45) is 17.8 Å². The number of benzene rings is 2. The molecule has 3 saturated heterocycles. The number of likely N-dealkylation sites (tertiary alicyclic amines) is 1. The summed E-state index contributed by atoms with van der Waals surface area (Å²) in [5.74, 6) is -2.85. The fourth-order valence-electron chi connectivity index (χ4n) is 7.22. The van der Waals surface area contributed by atoms with E-state index >= 15 is 0 Å². The Morgan fingerprint density at radius 1 is 1.17 bits per heavy atom. The van der Waals surface area contributed by atoms with Crippen molar-refractivity contribution < 1.29 is 29.0 Å². The zero-order valence-corrected chi connectivity index (χ0v) is 24.6. The summed E-state index contributed by atoms with van der Waals surface area (Å²) in [5.41, 5.74) is -0.497. The normalized spacial score (nSPS) is 26.9. The van der Waals surface area contributed by atoms with Crippen molar-refractivity contribution in [2.75, 3.05) is 24.7 Å². The van der Waals surface area contributed by atoms with Crippen molar-refractivity contribution in [3.63, 3.8) is 0 Å². The average molecular weight is 575 g/mol. The van der Waals surface area contributed by atoms with Crippen LogP contribution in [0.5, 0.6) is 0 Å². The van der Waals surface area contributed by atoms with Gasteiger partial charge in [-0.05, 0) is 60.9 Å². The molecule has 3 fully saturated rings. The van der Waals surface area contributed by atoms with Crippen molar-refractivity contribution in [1.82, 2.24) is 4.90 Å². The minimum absolute atomic E-state index is 0.134. The second kappa shape index (κ2) is 12.4. The highest BCUT2D eigenvalue weighted by atomic mass is 16.6. The van der Waals surface area contributed by atoms with E-state index in [0.717, 1.165) is 23.6 Å². The van der Waals surface area contributed by atoms with E-state index in [1.54, 1.807) is 11.0 Å². The first-order valence-electron chi connectivity index (χ1n) is 15.1. The first-order valence-corrected chi connectivity index (χ1v) is 15.1. The maximum Gasteiger partial charge on any atom is 0.312 e. The highest BCUT2D eigenvalue weighted by Crippen LogP contribution is 2.59. The van der Waals surface area contributed by atoms with Gasteiger partial charge in [-0.25, -0.2) is 0 Å². The Labute approximate surface area is 248 Å². The van der Waals surface area contributed by atoms with E-state index in [1.165, 1.54) is 4.90 Å². The lowest BCUT2D eigenvalue weighted by Gasteiger charge is -2.40. The molecule has 1 N–H and O–H groups in total. The first kappa shape index (κ1) is 30.0. The van der Waals surface area contributed by atoms with Crippen molar-refractivity contribution in [1.29, 1.82) is 0 Å². The van der Waals surface area contributed by atoms with Crippen LogP contribution in [0.3, 0.4) is 0 Å². The fraction of sp³-hybridized carbons (Fsp3) is 0.500. The van der Waals surface area contributed by atoms with Gasteiger partial charge >= 0.3 is 5.97 Å². The number of hydrogen-bond acceptors (Lipinski definition) is 6. The molecule has 2 unspecified atom stereocenters. The number of carbonyl (C=O) groups excluding carboxylic acids is 3. The van der Waals surface area contributed by atoms with Gasteiger partial charge in [-0.15, -0.1) is 13.2 Å². The summed E-state index contributed by atoms with van der Waals surface area (Å²) in [6.07, 6.45) is 6.43. The number of ether oxygens (including phenoxy) is 2. The molecule has 6 atom stereocenters. The third kappa shape index (κ3) is 5.05. The quantitative estimate of drug-likeness (QED) is 0.213. The lowest BCUT2D eigenvalue weighted by Crippen LogP contribution is -2.59. The minimum atomic E-state index is -1.18. The molecule has 3 aliphatic heterocycles. The molecule has 8 heteroatoms. The van der Waals surface area contributed by atoms with Gasteiger partial charge in [-0.3, -0.25) is 14.4 Å². The molecule has 1 spiro atoms. The van der Waals surface area contributed by atoms with Gasteiger partial charge in [0.2, 0.25) is 5.91 Å². The van der Waals surface area contributed by atoms with Crippen LogP contribution >= 0.6 is 0 Å². The number of aliphatic hydroxyl groups is 1. The van der Waals surface area contributed by atoms with Gasteiger partial charge in [0, 0.05) is 12.2 Å². The Hall–Kier alpha value is -3.49. The maximum absolute atomic E-state index is 14.7. The van der Waals surface area contributed by atoms with E-state index in [0.29, 0.717) is 24.9 Å². The third-order valence-corrected chi connectivity index (χ3v) is 9.23. The predicted octanol–water partition coefficient (Wildman–Crippen LogP) is 4.65. The fourth-order valence-corrected chi connectivity index (χ4v) is 7.22. The van der Waals surface area contributed by atoms with Gasteiger partial charge in [0.15, 0.2) is 0 Å². The minimum Gasteiger partial charge on any atom is -0.465 e. The van der Waals surface area contributed by atoms with Gasteiger partial charge in [-0.1, -0.05) is 56.3 Å². The van der Waals surface area contributed by atoms with Crippen LogP contribution in [0.4, 0.5) is 5.69 Å². The van der Waals surface area contributed by atoms with Crippen LogP contribution in [0.2, 0.25) is 0 Å². The number of amides is 2. The lowest BCUT2D eigenvalue weighted by atomic mass is 9.70. The average Bonchev–Trinajstić information content (AvgIpc) is 3.63. The number of hydrogen-bond donors (Lipinski definition) is 1. The molecule has 0 radical (unpaired) electrons. The van der Waals surface area contributed by atoms with Crippen LogP contribution in [0.15, 0.2) is 67.8 Å². The van der Waals surface area contributed by atoms with E-state index in [9.17, 15) is 19.5 Å². The molecular formula is C34H42N2O6. The Morgan fingerprint density at radius 3 is 2.62 bits per heavy atom. The van der Waals surface area contributed by atoms with Crippen LogP contribution in [0, 0.1) is 17.8 Å². The maximum atomic E-state index is 14.7. The number of rotatable bonds is 13. The summed E-state index contributed by atoms with van der Waals surface area (Å²) in [7, 11) is 0. The second-order valence-electron chi connectivity index (χ2n) is 12.0. The Morgan fingerprint density at radius 2 is 1.93 bits per heavy atom. The van der Waals surface area contributed by atoms with Gasteiger partial charge in [-0.2, -0.15) is 0 Å². The second-order valence-corrected chi connectivity index (χ2v) is 12.0. The van der Waals surface area contributed by atoms with Crippen LogP contribution in [0.1, 0.15) is 46.0 Å². The number of allylic oxidation sites excluding steroid dienone is 1. The standard InChI is InChI=1S/C34H42N2O6/c1-5-7-8-11-19-41-33(40)28-27-16-17-34(42-27)29(28)31(38)36(26(21-37)22(3)4)30(34)32(39)35(18-6-2)25-15-14-23-12-9-10-13-24(23)20-25/h5-6,9-10,12-15,20,22,26-30,37H,1-2,7-8,11,16-19,21H2,3-4H3/t26-,27-,28+,29-,30?,34?/m0/s1. The smallest absolute Gasteiger partial charge is 0.312 e. The molecule has 2 amide bonds. The molecule has 3 heterocycles. The topological polar surface area (TPSA) is 96.4 Å². The van der Waals surface area contributed by atoms with E-state index in [4.69, 9.17) is 9.47 Å². The van der Waals surface area contributed by atoms with Crippen molar-refractivity contribution in [2.45, 2.75) is 69.7 Å². The summed E-state index contributed by atoms with van der Waals surface area (Å²) < 4.78 is 12.2. The number of fused-ring (bicyclic) bond motifs is 2. The number of anilines is 1. The molecule has 2 bridgehead atoms. The Balaban J connectivity index is 1.52. The molecule has 0 aromatic heterocycles. The van der Waals surface area contributed by atoms with Crippen molar-refractivity contribution in [3.05, 3.63) is 67.8 Å². The van der Waals surface area contributed by atoms with Crippen LogP contribution < -0.4 is 4.90 Å². The molecule has 224 valence electrons. The largest absolute Gasteiger partial charge is 0.465 e. The molecule has 2 aromatic rings. The molecule has 8 nitrogen and oxygen atoms in total. The predicted molar refractivity (Wildman–Crippen MR) is 162 cm³/mol. The summed E-state index contributed by atoms with van der Waals surface area (Å²) in [5, 5.41) is 12.5. The van der Waals surface area contributed by atoms with Crippen LogP contribution in [0.25, 0.3) is 10.8 Å². The molecule has 3 aliphatic rings.